The molecule has 1 saturated heterocycles. The van der Waals surface area contributed by atoms with Gasteiger partial charge in [-0.1, -0.05) is 12.1 Å². The van der Waals surface area contributed by atoms with Crippen LogP contribution in [0, 0.1) is 5.82 Å². The van der Waals surface area contributed by atoms with E-state index in [0.717, 1.165) is 24.4 Å². The number of carbonyl (C=O) groups is 1. The highest BCUT2D eigenvalue weighted by molar-refractivity contribution is 5.65. The second-order valence-electron chi connectivity index (χ2n) is 5.69. The molecule has 1 amide bonds. The second kappa shape index (κ2) is 6.68. The van der Waals surface area contributed by atoms with Gasteiger partial charge in [0.25, 0.3) is 0 Å². The van der Waals surface area contributed by atoms with Gasteiger partial charge in [0.2, 0.25) is 5.95 Å². The van der Waals surface area contributed by atoms with Crippen LogP contribution in [0.5, 0.6) is 0 Å². The fourth-order valence-corrected chi connectivity index (χ4v) is 2.76. The van der Waals surface area contributed by atoms with Crippen LogP contribution in [0.4, 0.5) is 15.1 Å². The molecule has 1 fully saturated rings. The van der Waals surface area contributed by atoms with E-state index in [-0.39, 0.29) is 11.9 Å². The monoisotopic (exact) mass is 318 g/mol. The van der Waals surface area contributed by atoms with Crippen LogP contribution in [0.3, 0.4) is 0 Å². The summed E-state index contributed by atoms with van der Waals surface area (Å²) in [6.45, 7) is 1.67. The first kappa shape index (κ1) is 15.3. The van der Waals surface area contributed by atoms with Gasteiger partial charge >= 0.3 is 6.09 Å². The van der Waals surface area contributed by atoms with E-state index < -0.39 is 6.09 Å². The molecule has 2 N–H and O–H groups in total. The number of carboxylic acid groups (broad SMARTS) is 1. The van der Waals surface area contributed by atoms with Crippen LogP contribution in [0.1, 0.15) is 18.4 Å². The Morgan fingerprint density at radius 3 is 2.65 bits per heavy atom. The molecule has 1 aromatic heterocycles. The Kier molecular flexibility index (Phi) is 4.45. The molecule has 122 valence electrons. The van der Waals surface area contributed by atoms with E-state index in [1.165, 1.54) is 17.0 Å². The van der Waals surface area contributed by atoms with Crippen molar-refractivity contribution >= 4 is 12.0 Å². The lowest BCUT2D eigenvalue weighted by molar-refractivity contribution is 0.133. The molecule has 0 unspecified atom stereocenters. The summed E-state index contributed by atoms with van der Waals surface area (Å²) in [4.78, 5) is 16.7. The standard InChI is InChI=1S/C16H19FN4O2/c17-13-3-1-12(2-4-13)11-21-10-7-18-15(21)19-14-5-8-20(9-6-14)16(22)23/h1-4,7,10,14H,5-6,8-9,11H2,(H,18,19)(H,22,23). The number of benzene rings is 1. The van der Waals surface area contributed by atoms with Gasteiger partial charge in [-0.15, -0.1) is 0 Å². The minimum absolute atomic E-state index is 0.208. The maximum absolute atomic E-state index is 13.0. The molecule has 2 heterocycles. The molecular formula is C16H19FN4O2. The maximum atomic E-state index is 13.0. The fourth-order valence-electron chi connectivity index (χ4n) is 2.76. The number of nitrogens with zero attached hydrogens (tertiary/aromatic N) is 3. The molecule has 6 nitrogen and oxygen atoms in total. The van der Waals surface area contributed by atoms with Crippen molar-refractivity contribution in [1.29, 1.82) is 0 Å². The lowest BCUT2D eigenvalue weighted by atomic mass is 10.1. The van der Waals surface area contributed by atoms with Gasteiger partial charge in [-0.3, -0.25) is 0 Å². The normalized spacial score (nSPS) is 15.6. The zero-order valence-electron chi connectivity index (χ0n) is 12.7. The zero-order chi connectivity index (χ0) is 16.2. The number of nitrogens with one attached hydrogen (secondary N) is 1. The minimum Gasteiger partial charge on any atom is -0.465 e. The molecule has 0 radical (unpaired) electrons. The topological polar surface area (TPSA) is 70.4 Å². The Bertz CT molecular complexity index is 663. The first-order chi connectivity index (χ1) is 11.1. The van der Waals surface area contributed by atoms with Crippen molar-refractivity contribution in [3.05, 3.63) is 48.0 Å². The van der Waals surface area contributed by atoms with Crippen molar-refractivity contribution in [2.45, 2.75) is 25.4 Å². The van der Waals surface area contributed by atoms with Gasteiger partial charge in [0.05, 0.1) is 6.54 Å². The number of anilines is 1. The summed E-state index contributed by atoms with van der Waals surface area (Å²) in [6.07, 6.45) is 4.25. The van der Waals surface area contributed by atoms with Gasteiger partial charge in [-0.25, -0.2) is 14.2 Å². The SMILES string of the molecule is O=C(O)N1CCC(Nc2nccn2Cc2ccc(F)cc2)CC1. The number of hydrogen-bond donors (Lipinski definition) is 2. The first-order valence-corrected chi connectivity index (χ1v) is 7.62. The molecule has 0 saturated carbocycles. The molecule has 1 aliphatic rings. The molecule has 1 aromatic carbocycles. The van der Waals surface area contributed by atoms with Crippen LogP contribution in [0.2, 0.25) is 0 Å². The average molecular weight is 318 g/mol. The number of amides is 1. The molecule has 3 rings (SSSR count). The average Bonchev–Trinajstić information content (AvgIpc) is 2.97. The van der Waals surface area contributed by atoms with Crippen molar-refractivity contribution in [3.63, 3.8) is 0 Å². The predicted molar refractivity (Wildman–Crippen MR) is 84.0 cm³/mol. The highest BCUT2D eigenvalue weighted by Gasteiger charge is 2.22. The van der Waals surface area contributed by atoms with Gasteiger partial charge in [-0.2, -0.15) is 0 Å². The quantitative estimate of drug-likeness (QED) is 0.909. The highest BCUT2D eigenvalue weighted by Crippen LogP contribution is 2.17. The third-order valence-electron chi connectivity index (χ3n) is 4.08. The largest absolute Gasteiger partial charge is 0.465 e. The van der Waals surface area contributed by atoms with Gasteiger partial charge in [0, 0.05) is 31.5 Å². The van der Waals surface area contributed by atoms with Crippen LogP contribution in [0.25, 0.3) is 0 Å². The van der Waals surface area contributed by atoms with Crippen LogP contribution in [-0.2, 0) is 6.54 Å². The van der Waals surface area contributed by atoms with E-state index in [4.69, 9.17) is 5.11 Å². The van der Waals surface area contributed by atoms with Crippen LogP contribution < -0.4 is 5.32 Å². The zero-order valence-corrected chi connectivity index (χ0v) is 12.7. The van der Waals surface area contributed by atoms with Gasteiger partial charge < -0.3 is 19.9 Å². The van der Waals surface area contributed by atoms with Crippen molar-refractivity contribution in [3.8, 4) is 0 Å². The lowest BCUT2D eigenvalue weighted by Crippen LogP contribution is -2.42. The summed E-state index contributed by atoms with van der Waals surface area (Å²) in [6, 6.07) is 6.61. The second-order valence-corrected chi connectivity index (χ2v) is 5.69. The number of halogens is 1. The predicted octanol–water partition coefficient (Wildman–Crippen LogP) is 2.62. The van der Waals surface area contributed by atoms with Gasteiger partial charge in [0.15, 0.2) is 0 Å². The van der Waals surface area contributed by atoms with Crippen molar-refractivity contribution < 1.29 is 14.3 Å². The first-order valence-electron chi connectivity index (χ1n) is 7.62. The molecule has 7 heteroatoms. The Hall–Kier alpha value is -2.57. The smallest absolute Gasteiger partial charge is 0.407 e. The van der Waals surface area contributed by atoms with Crippen molar-refractivity contribution in [2.75, 3.05) is 18.4 Å². The van der Waals surface area contributed by atoms with E-state index >= 15 is 0 Å². The summed E-state index contributed by atoms with van der Waals surface area (Å²) in [7, 11) is 0. The maximum Gasteiger partial charge on any atom is 0.407 e. The summed E-state index contributed by atoms with van der Waals surface area (Å²) in [5.41, 5.74) is 0.994. The van der Waals surface area contributed by atoms with E-state index in [1.807, 2.05) is 10.8 Å². The van der Waals surface area contributed by atoms with Crippen LogP contribution in [0.15, 0.2) is 36.7 Å². The number of hydrogen-bond acceptors (Lipinski definition) is 3. The van der Waals surface area contributed by atoms with Crippen molar-refractivity contribution in [1.82, 2.24) is 14.5 Å². The molecule has 0 atom stereocenters. The van der Waals surface area contributed by atoms with E-state index in [0.29, 0.717) is 19.6 Å². The molecular weight excluding hydrogens is 299 g/mol. The molecule has 0 bridgehead atoms. The number of imidazole rings is 1. The number of piperidine rings is 1. The third kappa shape index (κ3) is 3.80. The summed E-state index contributed by atoms with van der Waals surface area (Å²) >= 11 is 0. The minimum atomic E-state index is -0.860. The third-order valence-corrected chi connectivity index (χ3v) is 4.08. The molecule has 23 heavy (non-hydrogen) atoms. The Morgan fingerprint density at radius 1 is 1.30 bits per heavy atom. The fraction of sp³-hybridized carbons (Fsp3) is 0.375. The number of likely N-dealkylation sites (tertiary alicyclic amines) is 1. The summed E-state index contributed by atoms with van der Waals surface area (Å²) in [5.74, 6) is 0.506. The molecule has 1 aliphatic heterocycles. The Balaban J connectivity index is 1.60. The molecule has 0 aliphatic carbocycles. The highest BCUT2D eigenvalue weighted by atomic mass is 19.1. The van der Waals surface area contributed by atoms with Gasteiger partial charge in [0.1, 0.15) is 5.82 Å². The van der Waals surface area contributed by atoms with Gasteiger partial charge in [-0.05, 0) is 30.5 Å². The van der Waals surface area contributed by atoms with Crippen molar-refractivity contribution in [2.24, 2.45) is 0 Å². The summed E-state index contributed by atoms with van der Waals surface area (Å²) < 4.78 is 14.9. The molecule has 0 spiro atoms. The Morgan fingerprint density at radius 2 is 2.00 bits per heavy atom. The Labute approximate surface area is 133 Å². The van der Waals surface area contributed by atoms with E-state index in [9.17, 15) is 9.18 Å². The number of aromatic nitrogens is 2. The van der Waals surface area contributed by atoms with Crippen LogP contribution >= 0.6 is 0 Å². The summed E-state index contributed by atoms with van der Waals surface area (Å²) in [5, 5.41) is 12.4. The van der Waals surface area contributed by atoms with Crippen LogP contribution in [-0.4, -0.2) is 44.8 Å². The number of rotatable bonds is 4. The van der Waals surface area contributed by atoms with E-state index in [2.05, 4.69) is 10.3 Å². The lowest BCUT2D eigenvalue weighted by Gasteiger charge is -2.30. The van der Waals surface area contributed by atoms with E-state index in [1.54, 1.807) is 18.3 Å². The molecule has 2 aromatic rings.